The molecule has 0 spiro atoms. The summed E-state index contributed by atoms with van der Waals surface area (Å²) in [5.74, 6) is -1.49. The zero-order valence-electron chi connectivity index (χ0n) is 27.4. The van der Waals surface area contributed by atoms with E-state index in [2.05, 4.69) is 10.6 Å². The van der Waals surface area contributed by atoms with Crippen LogP contribution in [0.1, 0.15) is 69.7 Å². The third kappa shape index (κ3) is 8.74. The Balaban J connectivity index is 1.33. The third-order valence-corrected chi connectivity index (χ3v) is 8.57. The standard InChI is InChI=1S/C37H45N3O6/c1-6-7-21-31(33(41)34(42)38-26(3)27-15-10-8-11-16-27)39-35(43)46-32-22-40(24-37(32,4)5)36(44)45-23-29-19-14-20-30(25(29)2)28-17-12-9-13-18-28/h8-20,26,31-32H,6-7,21-24H2,1-5H3,(H,38,42)(H,39,43)/t26-,31+,32+/m1/s1. The van der Waals surface area contributed by atoms with Crippen LogP contribution in [0, 0.1) is 12.3 Å². The first-order chi connectivity index (χ1) is 22.0. The minimum atomic E-state index is -1.03. The van der Waals surface area contributed by atoms with Gasteiger partial charge in [0, 0.05) is 12.0 Å². The molecule has 244 valence electrons. The van der Waals surface area contributed by atoms with E-state index >= 15 is 0 Å². The van der Waals surface area contributed by atoms with Gasteiger partial charge < -0.3 is 25.0 Å². The second kappa shape index (κ2) is 15.6. The molecule has 46 heavy (non-hydrogen) atoms. The Labute approximate surface area is 271 Å². The van der Waals surface area contributed by atoms with Crippen molar-refractivity contribution in [1.82, 2.24) is 15.5 Å². The summed E-state index contributed by atoms with van der Waals surface area (Å²) < 4.78 is 11.5. The van der Waals surface area contributed by atoms with E-state index in [9.17, 15) is 19.2 Å². The van der Waals surface area contributed by atoms with Crippen LogP contribution in [0.15, 0.2) is 78.9 Å². The number of benzene rings is 3. The second-order valence-corrected chi connectivity index (χ2v) is 12.6. The normalized spacial score (nSPS) is 16.6. The molecule has 1 fully saturated rings. The molecule has 3 amide bonds. The van der Waals surface area contributed by atoms with Crippen molar-refractivity contribution in [3.05, 3.63) is 95.6 Å². The molecule has 3 atom stereocenters. The maximum absolute atomic E-state index is 13.1. The summed E-state index contributed by atoms with van der Waals surface area (Å²) in [7, 11) is 0. The summed E-state index contributed by atoms with van der Waals surface area (Å²) in [5.41, 5.74) is 4.42. The van der Waals surface area contributed by atoms with Gasteiger partial charge in [0.25, 0.3) is 5.91 Å². The number of ether oxygens (including phenoxy) is 2. The van der Waals surface area contributed by atoms with E-state index in [1.54, 1.807) is 6.92 Å². The van der Waals surface area contributed by atoms with Crippen molar-refractivity contribution in [3.63, 3.8) is 0 Å². The number of rotatable bonds is 12. The Kier molecular flexibility index (Phi) is 11.6. The smallest absolute Gasteiger partial charge is 0.410 e. The van der Waals surface area contributed by atoms with Crippen LogP contribution in [0.25, 0.3) is 11.1 Å². The van der Waals surface area contributed by atoms with Crippen LogP contribution in [0.3, 0.4) is 0 Å². The summed E-state index contributed by atoms with van der Waals surface area (Å²) in [4.78, 5) is 53.7. The van der Waals surface area contributed by atoms with Gasteiger partial charge in [-0.3, -0.25) is 9.59 Å². The SMILES string of the molecule is CCCC[C@H](NC(=O)O[C@H]1CN(C(=O)OCc2cccc(-c3ccccc3)c2C)CC1(C)C)C(=O)C(=O)N[C@H](C)c1ccccc1. The van der Waals surface area contributed by atoms with E-state index in [0.717, 1.165) is 34.2 Å². The number of unbranched alkanes of at least 4 members (excludes halogenated alkanes) is 1. The average Bonchev–Trinajstić information content (AvgIpc) is 3.35. The van der Waals surface area contributed by atoms with Gasteiger partial charge in [0.05, 0.1) is 12.6 Å². The fourth-order valence-corrected chi connectivity index (χ4v) is 5.68. The summed E-state index contributed by atoms with van der Waals surface area (Å²) in [6.07, 6.45) is -0.220. The van der Waals surface area contributed by atoms with Crippen molar-refractivity contribution in [2.45, 2.75) is 78.7 Å². The first kappa shape index (κ1) is 34.2. The topological polar surface area (TPSA) is 114 Å². The molecule has 1 heterocycles. The molecule has 3 aromatic rings. The Hall–Kier alpha value is -4.66. The van der Waals surface area contributed by atoms with Crippen molar-refractivity contribution in [3.8, 4) is 11.1 Å². The van der Waals surface area contributed by atoms with E-state index in [1.807, 2.05) is 107 Å². The summed E-state index contributed by atoms with van der Waals surface area (Å²) in [5, 5.41) is 5.35. The first-order valence-electron chi connectivity index (χ1n) is 15.9. The molecule has 9 heteroatoms. The lowest BCUT2D eigenvalue weighted by molar-refractivity contribution is -0.139. The molecule has 0 aromatic heterocycles. The van der Waals surface area contributed by atoms with Crippen LogP contribution in [-0.4, -0.2) is 54.0 Å². The quantitative estimate of drug-likeness (QED) is 0.215. The molecule has 0 bridgehead atoms. The summed E-state index contributed by atoms with van der Waals surface area (Å²) in [6, 6.07) is 23.9. The monoisotopic (exact) mass is 627 g/mol. The third-order valence-electron chi connectivity index (χ3n) is 8.57. The van der Waals surface area contributed by atoms with Crippen molar-refractivity contribution in [1.29, 1.82) is 0 Å². The van der Waals surface area contributed by atoms with E-state index in [-0.39, 0.29) is 19.2 Å². The second-order valence-electron chi connectivity index (χ2n) is 12.6. The average molecular weight is 628 g/mol. The number of nitrogens with one attached hydrogen (secondary N) is 2. The maximum Gasteiger partial charge on any atom is 0.410 e. The molecule has 3 aromatic carbocycles. The lowest BCUT2D eigenvalue weighted by Gasteiger charge is -2.26. The molecule has 0 aliphatic carbocycles. The first-order valence-corrected chi connectivity index (χ1v) is 15.9. The zero-order valence-corrected chi connectivity index (χ0v) is 27.4. The Morgan fingerprint density at radius 3 is 2.28 bits per heavy atom. The molecule has 0 saturated carbocycles. The summed E-state index contributed by atoms with van der Waals surface area (Å²) in [6.45, 7) is 10.2. The number of likely N-dealkylation sites (tertiary alicyclic amines) is 1. The highest BCUT2D eigenvalue weighted by Gasteiger charge is 2.45. The van der Waals surface area contributed by atoms with Gasteiger partial charge >= 0.3 is 12.2 Å². The molecule has 2 N–H and O–H groups in total. The van der Waals surface area contributed by atoms with Gasteiger partial charge in [-0.05, 0) is 48.1 Å². The molecule has 4 rings (SSSR count). The van der Waals surface area contributed by atoms with Gasteiger partial charge in [-0.1, -0.05) is 112 Å². The number of Topliss-reactive ketones (excluding diaryl/α,β-unsaturated/α-hetero) is 1. The number of ketones is 1. The van der Waals surface area contributed by atoms with Crippen molar-refractivity contribution in [2.75, 3.05) is 13.1 Å². The number of hydrogen-bond acceptors (Lipinski definition) is 6. The van der Waals surface area contributed by atoms with Crippen LogP contribution >= 0.6 is 0 Å². The van der Waals surface area contributed by atoms with E-state index in [0.29, 0.717) is 19.4 Å². The largest absolute Gasteiger partial charge is 0.445 e. The highest BCUT2D eigenvalue weighted by Crippen LogP contribution is 2.33. The van der Waals surface area contributed by atoms with Gasteiger partial charge in [-0.2, -0.15) is 0 Å². The fraction of sp³-hybridized carbons (Fsp3) is 0.405. The minimum Gasteiger partial charge on any atom is -0.445 e. The zero-order chi connectivity index (χ0) is 33.3. The summed E-state index contributed by atoms with van der Waals surface area (Å²) >= 11 is 0. The molecular weight excluding hydrogens is 582 g/mol. The lowest BCUT2D eigenvalue weighted by atomic mass is 9.90. The van der Waals surface area contributed by atoms with E-state index < -0.39 is 41.4 Å². The number of nitrogens with zero attached hydrogens (tertiary/aromatic N) is 1. The van der Waals surface area contributed by atoms with Crippen LogP contribution in [0.4, 0.5) is 9.59 Å². The van der Waals surface area contributed by atoms with Crippen LogP contribution in [0.5, 0.6) is 0 Å². The lowest BCUT2D eigenvalue weighted by Crippen LogP contribution is -2.49. The van der Waals surface area contributed by atoms with Crippen LogP contribution < -0.4 is 10.6 Å². The molecular formula is C37H45N3O6. The highest BCUT2D eigenvalue weighted by molar-refractivity contribution is 6.38. The number of carbonyl (C=O) groups is 4. The van der Waals surface area contributed by atoms with Crippen molar-refractivity contribution >= 4 is 23.9 Å². The number of amides is 3. The Morgan fingerprint density at radius 1 is 0.935 bits per heavy atom. The number of carbonyl (C=O) groups excluding carboxylic acids is 4. The Morgan fingerprint density at radius 2 is 1.61 bits per heavy atom. The van der Waals surface area contributed by atoms with Crippen molar-refractivity contribution in [2.24, 2.45) is 5.41 Å². The van der Waals surface area contributed by atoms with E-state index in [1.165, 1.54) is 4.90 Å². The predicted molar refractivity (Wildman–Crippen MR) is 177 cm³/mol. The highest BCUT2D eigenvalue weighted by atomic mass is 16.6. The fourth-order valence-electron chi connectivity index (χ4n) is 5.68. The van der Waals surface area contributed by atoms with Crippen molar-refractivity contribution < 1.29 is 28.7 Å². The molecule has 1 saturated heterocycles. The predicted octanol–water partition coefficient (Wildman–Crippen LogP) is 6.74. The van der Waals surface area contributed by atoms with Gasteiger partial charge in [-0.15, -0.1) is 0 Å². The minimum absolute atomic E-state index is 0.112. The van der Waals surface area contributed by atoms with Gasteiger partial charge in [0.15, 0.2) is 0 Å². The number of hydrogen-bond donors (Lipinski definition) is 2. The molecule has 1 aliphatic rings. The van der Waals surface area contributed by atoms with Gasteiger partial charge in [0.2, 0.25) is 5.78 Å². The number of alkyl carbamates (subject to hydrolysis) is 1. The van der Waals surface area contributed by atoms with E-state index in [4.69, 9.17) is 9.47 Å². The molecule has 0 unspecified atom stereocenters. The molecule has 1 aliphatic heterocycles. The van der Waals surface area contributed by atoms with Gasteiger partial charge in [-0.25, -0.2) is 9.59 Å². The van der Waals surface area contributed by atoms with Crippen LogP contribution in [0.2, 0.25) is 0 Å². The van der Waals surface area contributed by atoms with Crippen LogP contribution in [-0.2, 0) is 25.7 Å². The Bertz CT molecular complexity index is 1510. The maximum atomic E-state index is 13.1. The molecule has 9 nitrogen and oxygen atoms in total. The van der Waals surface area contributed by atoms with Gasteiger partial charge in [0.1, 0.15) is 18.8 Å². The molecule has 0 radical (unpaired) electrons.